The summed E-state index contributed by atoms with van der Waals surface area (Å²) in [4.78, 5) is 88.1. The lowest BCUT2D eigenvalue weighted by atomic mass is 10.0. The first-order valence-corrected chi connectivity index (χ1v) is 15.4. The molecule has 0 aliphatic rings. The van der Waals surface area contributed by atoms with Crippen LogP contribution in [0.15, 0.2) is 0 Å². The van der Waals surface area contributed by atoms with Crippen LogP contribution in [0.5, 0.6) is 0 Å². The van der Waals surface area contributed by atoms with Crippen molar-refractivity contribution in [3.63, 3.8) is 0 Å². The fourth-order valence-corrected chi connectivity index (χ4v) is 4.07. The number of hydrogen-bond acceptors (Lipinski definition) is 13. The Bertz CT molecular complexity index is 1090. The quantitative estimate of drug-likeness (QED) is 0.0443. The van der Waals surface area contributed by atoms with Crippen molar-refractivity contribution < 1.29 is 59.1 Å². The maximum absolute atomic E-state index is 13.4. The van der Waals surface area contributed by atoms with Crippen LogP contribution in [0.1, 0.15) is 53.4 Å². The maximum Gasteiger partial charge on any atom is 0.328 e. The smallest absolute Gasteiger partial charge is 0.328 e. The Morgan fingerprint density at radius 2 is 1.10 bits per heavy atom. The minimum Gasteiger partial charge on any atom is -0.480 e. The third-order valence-electron chi connectivity index (χ3n) is 6.88. The van der Waals surface area contributed by atoms with Crippen molar-refractivity contribution in [3.8, 4) is 0 Å². The van der Waals surface area contributed by atoms with Gasteiger partial charge >= 0.3 is 5.97 Å². The average molecular weight is 693 g/mol. The van der Waals surface area contributed by atoms with E-state index in [0.717, 1.165) is 0 Å². The standard InChI is InChI=1S/C28H52N8O12/c1-13(2)9-18(25(44)31-14(3)22(41)35-20(12-39)28(47)48)33-24(43)17(7-5-6-8-29)32-26(45)19(11-38)34-27(46)21(15(4)40)36-23(42)16(30)10-37/h13-21,37-40H,5-12,29-30H2,1-4H3,(H,31,44)(H,32,45)(H,33,43)(H,34,46)(H,35,41)(H,36,42)(H,47,48)/t14-,15+,16-,17-,18-,19-,20-,21-/m0/s1. The Kier molecular flexibility index (Phi) is 20.7. The molecule has 0 aliphatic carbocycles. The molecule has 0 bridgehead atoms. The van der Waals surface area contributed by atoms with Gasteiger partial charge in [0.05, 0.1) is 25.9 Å². The summed E-state index contributed by atoms with van der Waals surface area (Å²) >= 11 is 0. The van der Waals surface area contributed by atoms with Crippen LogP contribution >= 0.6 is 0 Å². The van der Waals surface area contributed by atoms with E-state index in [9.17, 15) is 43.8 Å². The summed E-state index contributed by atoms with van der Waals surface area (Å²) in [6, 6.07) is -10.1. The second-order valence-corrected chi connectivity index (χ2v) is 11.6. The van der Waals surface area contributed by atoms with E-state index < -0.39 is 110 Å². The van der Waals surface area contributed by atoms with Crippen molar-refractivity contribution in [1.82, 2.24) is 31.9 Å². The number of hydrogen-bond donors (Lipinski definition) is 13. The van der Waals surface area contributed by atoms with Gasteiger partial charge in [0.1, 0.15) is 42.3 Å². The van der Waals surface area contributed by atoms with Gasteiger partial charge < -0.3 is 68.9 Å². The lowest BCUT2D eigenvalue weighted by molar-refractivity contribution is -0.143. The highest BCUT2D eigenvalue weighted by Crippen LogP contribution is 2.09. The van der Waals surface area contributed by atoms with E-state index in [-0.39, 0.29) is 25.3 Å². The molecule has 0 saturated carbocycles. The molecule has 0 heterocycles. The summed E-state index contributed by atoms with van der Waals surface area (Å²) in [6.07, 6.45) is -0.563. The molecule has 0 radical (unpaired) electrons. The Morgan fingerprint density at radius 1 is 0.604 bits per heavy atom. The molecule has 0 saturated heterocycles. The molecule has 8 atom stereocenters. The highest BCUT2D eigenvalue weighted by molar-refractivity contribution is 5.97. The summed E-state index contributed by atoms with van der Waals surface area (Å²) in [7, 11) is 0. The van der Waals surface area contributed by atoms with Crippen LogP contribution in [-0.2, 0) is 33.6 Å². The zero-order valence-electron chi connectivity index (χ0n) is 27.6. The fraction of sp³-hybridized carbons (Fsp3) is 0.750. The number of aliphatic carboxylic acids is 1. The van der Waals surface area contributed by atoms with Crippen LogP contribution in [0.3, 0.4) is 0 Å². The topological polar surface area (TPSA) is 345 Å². The zero-order valence-corrected chi connectivity index (χ0v) is 27.6. The van der Waals surface area contributed by atoms with Gasteiger partial charge in [-0.3, -0.25) is 28.8 Å². The van der Waals surface area contributed by atoms with Gasteiger partial charge in [0, 0.05) is 0 Å². The molecule has 0 aliphatic heterocycles. The van der Waals surface area contributed by atoms with Gasteiger partial charge in [-0.05, 0) is 52.0 Å². The molecular formula is C28H52N8O12. The number of carbonyl (C=O) groups is 7. The number of amides is 6. The third-order valence-corrected chi connectivity index (χ3v) is 6.88. The summed E-state index contributed by atoms with van der Waals surface area (Å²) in [6.45, 7) is 3.63. The maximum atomic E-state index is 13.4. The molecule has 20 nitrogen and oxygen atoms in total. The van der Waals surface area contributed by atoms with Crippen molar-refractivity contribution in [2.45, 2.75) is 102 Å². The van der Waals surface area contributed by atoms with Crippen LogP contribution in [0.4, 0.5) is 0 Å². The SMILES string of the molecule is CC(C)C[C@H](NC(=O)[C@H](CCCCN)NC(=O)[C@H](CO)NC(=O)[C@@H](NC(=O)[C@@H](N)CO)[C@@H](C)O)C(=O)N[C@@H](C)C(=O)N[C@@H](CO)C(=O)O. The predicted octanol–water partition coefficient (Wildman–Crippen LogP) is -6.14. The molecule has 20 heteroatoms. The normalized spacial score (nSPS) is 16.1. The van der Waals surface area contributed by atoms with E-state index in [4.69, 9.17) is 26.8 Å². The number of nitrogens with one attached hydrogen (secondary N) is 6. The third kappa shape index (κ3) is 15.8. The molecule has 48 heavy (non-hydrogen) atoms. The first-order chi connectivity index (χ1) is 22.4. The first-order valence-electron chi connectivity index (χ1n) is 15.4. The van der Waals surface area contributed by atoms with Gasteiger partial charge in [-0.2, -0.15) is 0 Å². The van der Waals surface area contributed by atoms with Crippen molar-refractivity contribution in [2.24, 2.45) is 17.4 Å². The molecule has 0 rings (SSSR count). The first kappa shape index (κ1) is 44.0. The number of carboxylic acids is 1. The Labute approximate surface area is 278 Å². The van der Waals surface area contributed by atoms with Gasteiger partial charge in [-0.25, -0.2) is 4.79 Å². The number of aliphatic hydroxyl groups excluding tert-OH is 4. The monoisotopic (exact) mass is 692 g/mol. The van der Waals surface area contributed by atoms with Crippen molar-refractivity contribution in [2.75, 3.05) is 26.4 Å². The van der Waals surface area contributed by atoms with Gasteiger partial charge in [-0.15, -0.1) is 0 Å². The summed E-state index contributed by atoms with van der Waals surface area (Å²) in [5.74, 6) is -7.23. The lowest BCUT2D eigenvalue weighted by Crippen LogP contribution is -2.61. The van der Waals surface area contributed by atoms with Crippen LogP contribution in [-0.4, -0.2) is 142 Å². The number of carbonyl (C=O) groups excluding carboxylic acids is 6. The molecule has 6 amide bonds. The van der Waals surface area contributed by atoms with Crippen molar-refractivity contribution >= 4 is 41.4 Å². The Morgan fingerprint density at radius 3 is 1.58 bits per heavy atom. The van der Waals surface area contributed by atoms with Crippen LogP contribution in [0.25, 0.3) is 0 Å². The number of rotatable bonds is 23. The minimum absolute atomic E-state index is 0.0266. The van der Waals surface area contributed by atoms with E-state index in [1.165, 1.54) is 13.8 Å². The van der Waals surface area contributed by atoms with Gasteiger partial charge in [0.25, 0.3) is 0 Å². The summed E-state index contributed by atoms with van der Waals surface area (Å²) in [5.41, 5.74) is 11.0. The largest absolute Gasteiger partial charge is 0.480 e. The minimum atomic E-state index is -1.66. The molecule has 0 aromatic carbocycles. The molecule has 0 aromatic rings. The van der Waals surface area contributed by atoms with E-state index in [1.807, 2.05) is 0 Å². The lowest BCUT2D eigenvalue weighted by Gasteiger charge is -2.27. The number of unbranched alkanes of at least 4 members (excludes halogenated alkanes) is 1. The van der Waals surface area contributed by atoms with Gasteiger partial charge in [-0.1, -0.05) is 13.8 Å². The molecular weight excluding hydrogens is 640 g/mol. The van der Waals surface area contributed by atoms with Crippen LogP contribution < -0.4 is 43.4 Å². The highest BCUT2D eigenvalue weighted by Gasteiger charge is 2.34. The zero-order chi connectivity index (χ0) is 37.1. The fourth-order valence-electron chi connectivity index (χ4n) is 4.07. The van der Waals surface area contributed by atoms with E-state index in [2.05, 4.69) is 31.9 Å². The number of aliphatic hydroxyl groups is 4. The molecule has 0 spiro atoms. The second-order valence-electron chi connectivity index (χ2n) is 11.6. The molecule has 0 unspecified atom stereocenters. The number of carboxylic acid groups (broad SMARTS) is 1. The summed E-state index contributed by atoms with van der Waals surface area (Å²) < 4.78 is 0. The Balaban J connectivity index is 5.86. The van der Waals surface area contributed by atoms with Crippen LogP contribution in [0, 0.1) is 5.92 Å². The van der Waals surface area contributed by atoms with Crippen molar-refractivity contribution in [1.29, 1.82) is 0 Å². The Hall–Kier alpha value is -3.95. The molecule has 0 aromatic heterocycles. The average Bonchev–Trinajstić information content (AvgIpc) is 3.02. The van der Waals surface area contributed by atoms with Gasteiger partial charge in [0.15, 0.2) is 0 Å². The molecule has 0 fully saturated rings. The van der Waals surface area contributed by atoms with Crippen molar-refractivity contribution in [3.05, 3.63) is 0 Å². The van der Waals surface area contributed by atoms with Gasteiger partial charge in [0.2, 0.25) is 35.4 Å². The van der Waals surface area contributed by atoms with Crippen LogP contribution in [0.2, 0.25) is 0 Å². The molecule has 15 N–H and O–H groups in total. The number of nitrogens with two attached hydrogens (primary N) is 2. The molecule has 276 valence electrons. The predicted molar refractivity (Wildman–Crippen MR) is 168 cm³/mol. The van der Waals surface area contributed by atoms with E-state index >= 15 is 0 Å². The second kappa shape index (κ2) is 22.6. The van der Waals surface area contributed by atoms with E-state index in [0.29, 0.717) is 12.8 Å². The highest BCUT2D eigenvalue weighted by atomic mass is 16.4. The van der Waals surface area contributed by atoms with E-state index in [1.54, 1.807) is 13.8 Å². The summed E-state index contributed by atoms with van der Waals surface area (Å²) in [5, 5.41) is 60.8.